The zero-order chi connectivity index (χ0) is 18.6. The fraction of sp³-hybridized carbons (Fsp3) is 0.458. The van der Waals surface area contributed by atoms with Crippen molar-refractivity contribution < 1.29 is 9.84 Å². The Bertz CT molecular complexity index is 904. The summed E-state index contributed by atoms with van der Waals surface area (Å²) in [6.45, 7) is 2.48. The Hall–Kier alpha value is -2.29. The molecule has 1 aromatic carbocycles. The van der Waals surface area contributed by atoms with Crippen molar-refractivity contribution in [2.45, 2.75) is 44.9 Å². The van der Waals surface area contributed by atoms with Gasteiger partial charge in [-0.25, -0.2) is 0 Å². The molecule has 3 nitrogen and oxygen atoms in total. The normalized spacial score (nSPS) is 31.5. The second-order valence-electron chi connectivity index (χ2n) is 8.69. The number of aryl methyl sites for hydroxylation is 1. The number of methoxy groups -OCH3 is 1. The third-order valence-electron chi connectivity index (χ3n) is 7.58. The quantitative estimate of drug-likeness (QED) is 0.784. The first kappa shape index (κ1) is 16.9. The van der Waals surface area contributed by atoms with Crippen LogP contribution in [0.5, 0.6) is 11.5 Å². The third kappa shape index (κ3) is 2.44. The molecule has 3 aliphatic carbocycles. The molecule has 1 aromatic heterocycles. The van der Waals surface area contributed by atoms with Crippen molar-refractivity contribution in [3.63, 3.8) is 0 Å². The van der Waals surface area contributed by atoms with Crippen LogP contribution in [0.15, 0.2) is 42.7 Å². The van der Waals surface area contributed by atoms with Crippen molar-refractivity contribution >= 4 is 5.57 Å². The molecular formula is C24H27NO2. The highest BCUT2D eigenvalue weighted by atomic mass is 16.5. The number of benzene rings is 1. The van der Waals surface area contributed by atoms with E-state index in [1.807, 2.05) is 24.5 Å². The van der Waals surface area contributed by atoms with Crippen molar-refractivity contribution in [3.8, 4) is 11.5 Å². The lowest BCUT2D eigenvalue weighted by atomic mass is 9.54. The van der Waals surface area contributed by atoms with Gasteiger partial charge in [-0.15, -0.1) is 0 Å². The van der Waals surface area contributed by atoms with E-state index in [4.69, 9.17) is 4.74 Å². The number of pyridine rings is 1. The standard InChI is InChI=1S/C24H27NO2/c1-24-10-9-17-18(6-5-15-12-22(26)23(27-2)13-19(15)17)21(24)8-7-20(24)16-4-3-11-25-14-16/h3-4,7,11-14,17-18,21,26H,5-6,8-10H2,1-2H3/t17-,18+,21-,24+/m0/s1. The van der Waals surface area contributed by atoms with Gasteiger partial charge in [-0.1, -0.05) is 19.1 Å². The molecule has 4 atom stereocenters. The summed E-state index contributed by atoms with van der Waals surface area (Å²) < 4.78 is 5.40. The molecule has 1 N–H and O–H groups in total. The van der Waals surface area contributed by atoms with Crippen LogP contribution in [0.4, 0.5) is 0 Å². The molecule has 0 saturated heterocycles. The second-order valence-corrected chi connectivity index (χ2v) is 8.69. The van der Waals surface area contributed by atoms with E-state index in [-0.39, 0.29) is 11.2 Å². The van der Waals surface area contributed by atoms with Gasteiger partial charge in [-0.05, 0) is 95.7 Å². The summed E-state index contributed by atoms with van der Waals surface area (Å²) in [6.07, 6.45) is 12.2. The topological polar surface area (TPSA) is 42.4 Å². The molecule has 2 aromatic rings. The van der Waals surface area contributed by atoms with Gasteiger partial charge >= 0.3 is 0 Å². The molecule has 0 radical (unpaired) electrons. The van der Waals surface area contributed by atoms with Gasteiger partial charge in [-0.3, -0.25) is 4.98 Å². The van der Waals surface area contributed by atoms with Crippen LogP contribution in [0.25, 0.3) is 5.57 Å². The first-order valence-corrected chi connectivity index (χ1v) is 10.1. The van der Waals surface area contributed by atoms with Crippen LogP contribution in [-0.4, -0.2) is 17.2 Å². The summed E-state index contributed by atoms with van der Waals surface area (Å²) in [7, 11) is 1.64. The number of fused-ring (bicyclic) bond motifs is 5. The van der Waals surface area contributed by atoms with Crippen molar-refractivity contribution in [1.82, 2.24) is 4.98 Å². The van der Waals surface area contributed by atoms with Crippen LogP contribution in [-0.2, 0) is 6.42 Å². The van der Waals surface area contributed by atoms with E-state index in [2.05, 4.69) is 30.1 Å². The van der Waals surface area contributed by atoms with Gasteiger partial charge in [0.1, 0.15) is 0 Å². The Labute approximate surface area is 161 Å². The van der Waals surface area contributed by atoms with E-state index in [0.717, 1.165) is 6.42 Å². The first-order chi connectivity index (χ1) is 13.1. The molecule has 0 amide bonds. The molecular weight excluding hydrogens is 334 g/mol. The summed E-state index contributed by atoms with van der Waals surface area (Å²) in [6, 6.07) is 8.30. The van der Waals surface area contributed by atoms with Gasteiger partial charge in [-0.2, -0.15) is 0 Å². The highest BCUT2D eigenvalue weighted by Gasteiger charge is 2.52. The molecule has 3 heteroatoms. The van der Waals surface area contributed by atoms with Gasteiger partial charge in [0.2, 0.25) is 0 Å². The zero-order valence-corrected chi connectivity index (χ0v) is 16.1. The molecule has 1 saturated carbocycles. The number of aromatic nitrogens is 1. The Balaban J connectivity index is 1.50. The smallest absolute Gasteiger partial charge is 0.160 e. The maximum absolute atomic E-state index is 10.2. The van der Waals surface area contributed by atoms with E-state index in [0.29, 0.717) is 23.5 Å². The molecule has 0 bridgehead atoms. The Morgan fingerprint density at radius 1 is 1.26 bits per heavy atom. The van der Waals surface area contributed by atoms with Crippen LogP contribution >= 0.6 is 0 Å². The minimum absolute atomic E-state index is 0.253. The maximum atomic E-state index is 10.2. The minimum Gasteiger partial charge on any atom is -0.504 e. The summed E-state index contributed by atoms with van der Waals surface area (Å²) in [5, 5.41) is 10.2. The molecule has 0 aliphatic heterocycles. The van der Waals surface area contributed by atoms with Crippen molar-refractivity contribution in [2.75, 3.05) is 7.11 Å². The Morgan fingerprint density at radius 2 is 2.15 bits per heavy atom. The van der Waals surface area contributed by atoms with Crippen LogP contribution in [0.3, 0.4) is 0 Å². The number of ether oxygens (including phenoxy) is 1. The third-order valence-corrected chi connectivity index (χ3v) is 7.58. The van der Waals surface area contributed by atoms with Crippen LogP contribution in [0, 0.1) is 17.3 Å². The molecule has 1 fully saturated rings. The van der Waals surface area contributed by atoms with Crippen LogP contribution in [0.1, 0.15) is 55.2 Å². The number of aromatic hydroxyl groups is 1. The van der Waals surface area contributed by atoms with E-state index in [1.165, 1.54) is 47.9 Å². The molecule has 5 rings (SSSR count). The number of phenols is 1. The summed E-state index contributed by atoms with van der Waals surface area (Å²) in [5.74, 6) is 2.87. The number of phenolic OH excluding ortho intramolecular Hbond substituents is 1. The fourth-order valence-electron chi connectivity index (χ4n) is 6.29. The van der Waals surface area contributed by atoms with Gasteiger partial charge in [0.25, 0.3) is 0 Å². The van der Waals surface area contributed by atoms with Crippen LogP contribution < -0.4 is 4.74 Å². The predicted molar refractivity (Wildman–Crippen MR) is 107 cm³/mol. The average molecular weight is 361 g/mol. The summed E-state index contributed by atoms with van der Waals surface area (Å²) in [4.78, 5) is 4.36. The molecule has 0 unspecified atom stereocenters. The molecule has 1 heterocycles. The summed E-state index contributed by atoms with van der Waals surface area (Å²) >= 11 is 0. The Kier molecular flexibility index (Phi) is 3.82. The SMILES string of the molecule is COc1cc2c(cc1O)CC[C@@H]1[C@@H]2CC[C@]2(C)C(c3cccnc3)=CC[C@@H]12. The number of nitrogens with zero attached hydrogens (tertiary/aromatic N) is 1. The number of hydrogen-bond acceptors (Lipinski definition) is 3. The number of hydrogen-bond donors (Lipinski definition) is 1. The Morgan fingerprint density at radius 3 is 2.93 bits per heavy atom. The van der Waals surface area contributed by atoms with E-state index < -0.39 is 0 Å². The van der Waals surface area contributed by atoms with E-state index in [1.54, 1.807) is 7.11 Å². The van der Waals surface area contributed by atoms with Crippen molar-refractivity contribution in [3.05, 3.63) is 59.4 Å². The van der Waals surface area contributed by atoms with Crippen molar-refractivity contribution in [2.24, 2.45) is 17.3 Å². The first-order valence-electron chi connectivity index (χ1n) is 10.1. The van der Waals surface area contributed by atoms with Gasteiger partial charge in [0.15, 0.2) is 11.5 Å². The number of rotatable bonds is 2. The molecule has 140 valence electrons. The van der Waals surface area contributed by atoms with E-state index >= 15 is 0 Å². The molecule has 3 aliphatic rings. The van der Waals surface area contributed by atoms with Gasteiger partial charge < -0.3 is 9.84 Å². The average Bonchev–Trinajstić information content (AvgIpc) is 3.05. The fourth-order valence-corrected chi connectivity index (χ4v) is 6.29. The lowest BCUT2D eigenvalue weighted by Crippen LogP contribution is -2.40. The van der Waals surface area contributed by atoms with Crippen molar-refractivity contribution in [1.29, 1.82) is 0 Å². The maximum Gasteiger partial charge on any atom is 0.160 e. The molecule has 0 spiro atoms. The monoisotopic (exact) mass is 361 g/mol. The van der Waals surface area contributed by atoms with E-state index in [9.17, 15) is 5.11 Å². The van der Waals surface area contributed by atoms with Crippen LogP contribution in [0.2, 0.25) is 0 Å². The zero-order valence-electron chi connectivity index (χ0n) is 16.1. The molecule has 27 heavy (non-hydrogen) atoms. The predicted octanol–water partition coefficient (Wildman–Crippen LogP) is 5.35. The lowest BCUT2D eigenvalue weighted by Gasteiger charge is -2.50. The lowest BCUT2D eigenvalue weighted by molar-refractivity contribution is 0.0884. The largest absolute Gasteiger partial charge is 0.504 e. The van der Waals surface area contributed by atoms with Gasteiger partial charge in [0.05, 0.1) is 7.11 Å². The second kappa shape index (κ2) is 6.12. The highest BCUT2D eigenvalue weighted by molar-refractivity contribution is 5.72. The number of allylic oxidation sites excluding steroid dienone is 2. The highest BCUT2D eigenvalue weighted by Crippen LogP contribution is 2.63. The summed E-state index contributed by atoms with van der Waals surface area (Å²) in [5.41, 5.74) is 5.79. The van der Waals surface area contributed by atoms with Gasteiger partial charge in [0, 0.05) is 12.4 Å². The minimum atomic E-state index is 0.253.